The Labute approximate surface area is 92.2 Å². The zero-order chi connectivity index (χ0) is 10.7. The van der Waals surface area contributed by atoms with Gasteiger partial charge in [-0.3, -0.25) is 4.79 Å². The molecule has 15 heavy (non-hydrogen) atoms. The highest BCUT2D eigenvalue weighted by Gasteiger charge is 2.24. The van der Waals surface area contributed by atoms with Gasteiger partial charge in [-0.1, -0.05) is 11.3 Å². The molecule has 1 saturated heterocycles. The minimum absolute atomic E-state index is 0.0375. The number of methoxy groups -OCH3 is 1. The molecular formula is C10H13NO3S. The zero-order valence-corrected chi connectivity index (χ0v) is 9.30. The third-order valence-electron chi connectivity index (χ3n) is 2.25. The summed E-state index contributed by atoms with van der Waals surface area (Å²) < 4.78 is 10.4. The van der Waals surface area contributed by atoms with E-state index in [1.165, 1.54) is 11.3 Å². The van der Waals surface area contributed by atoms with E-state index in [9.17, 15) is 4.79 Å². The van der Waals surface area contributed by atoms with Crippen molar-refractivity contribution in [2.24, 2.45) is 0 Å². The van der Waals surface area contributed by atoms with E-state index in [0.29, 0.717) is 18.0 Å². The van der Waals surface area contributed by atoms with Gasteiger partial charge in [0, 0.05) is 13.1 Å². The fourth-order valence-electron chi connectivity index (χ4n) is 1.45. The number of morpholine rings is 1. The molecule has 0 radical (unpaired) electrons. The van der Waals surface area contributed by atoms with Crippen LogP contribution in [-0.2, 0) is 4.74 Å². The van der Waals surface area contributed by atoms with Crippen LogP contribution in [0, 0.1) is 0 Å². The van der Waals surface area contributed by atoms with Gasteiger partial charge >= 0.3 is 0 Å². The molecular weight excluding hydrogens is 214 g/mol. The summed E-state index contributed by atoms with van der Waals surface area (Å²) in [6.07, 6.45) is -0.345. The summed E-state index contributed by atoms with van der Waals surface area (Å²) >= 11 is 1.36. The minimum atomic E-state index is -0.345. The molecule has 1 aromatic heterocycles. The zero-order valence-electron chi connectivity index (χ0n) is 8.49. The lowest BCUT2D eigenvalue weighted by atomic mass is 10.2. The lowest BCUT2D eigenvalue weighted by molar-refractivity contribution is 0.0272. The van der Waals surface area contributed by atoms with E-state index < -0.39 is 0 Å². The normalized spacial score (nSPS) is 21.3. The minimum Gasteiger partial charge on any atom is -0.487 e. The Kier molecular flexibility index (Phi) is 3.35. The fourth-order valence-corrected chi connectivity index (χ4v) is 2.26. The van der Waals surface area contributed by atoms with Crippen molar-refractivity contribution in [1.82, 2.24) is 5.32 Å². The lowest BCUT2D eigenvalue weighted by Crippen LogP contribution is -2.42. The monoisotopic (exact) mass is 227 g/mol. The van der Waals surface area contributed by atoms with Gasteiger partial charge < -0.3 is 14.8 Å². The van der Waals surface area contributed by atoms with Crippen LogP contribution >= 0.6 is 11.3 Å². The molecule has 0 spiro atoms. The second-order valence-corrected chi connectivity index (χ2v) is 4.30. The number of ether oxygens (including phenoxy) is 2. The topological polar surface area (TPSA) is 47.6 Å². The summed E-state index contributed by atoms with van der Waals surface area (Å²) in [4.78, 5) is 12.6. The van der Waals surface area contributed by atoms with Crippen molar-refractivity contribution in [3.8, 4) is 5.06 Å². The maximum Gasteiger partial charge on any atom is 0.202 e. The predicted molar refractivity (Wildman–Crippen MR) is 57.8 cm³/mol. The van der Waals surface area contributed by atoms with Gasteiger partial charge in [0.05, 0.1) is 18.6 Å². The molecule has 2 heterocycles. The highest BCUT2D eigenvalue weighted by molar-refractivity contribution is 7.15. The highest BCUT2D eigenvalue weighted by Crippen LogP contribution is 2.25. The van der Waals surface area contributed by atoms with Gasteiger partial charge in [0.15, 0.2) is 5.06 Å². The van der Waals surface area contributed by atoms with Crippen molar-refractivity contribution in [1.29, 1.82) is 0 Å². The summed E-state index contributed by atoms with van der Waals surface area (Å²) in [5, 5.41) is 3.89. The maximum atomic E-state index is 11.9. The number of carbonyl (C=O) groups excluding carboxylic acids is 1. The van der Waals surface area contributed by atoms with Gasteiger partial charge in [-0.25, -0.2) is 0 Å². The second kappa shape index (κ2) is 4.74. The van der Waals surface area contributed by atoms with Gasteiger partial charge in [0.25, 0.3) is 0 Å². The van der Waals surface area contributed by atoms with Gasteiger partial charge in [0.2, 0.25) is 5.78 Å². The number of hydrogen-bond donors (Lipinski definition) is 1. The van der Waals surface area contributed by atoms with Crippen molar-refractivity contribution in [3.05, 3.63) is 17.0 Å². The molecule has 1 aliphatic rings. The van der Waals surface area contributed by atoms with Crippen LogP contribution in [0.1, 0.15) is 9.67 Å². The van der Waals surface area contributed by atoms with Crippen LogP contribution in [0.4, 0.5) is 0 Å². The second-order valence-electron chi connectivity index (χ2n) is 3.25. The molecule has 4 nitrogen and oxygen atoms in total. The first-order valence-electron chi connectivity index (χ1n) is 4.81. The quantitative estimate of drug-likeness (QED) is 0.780. The van der Waals surface area contributed by atoms with Crippen LogP contribution in [0.2, 0.25) is 0 Å². The number of nitrogens with one attached hydrogen (secondary N) is 1. The summed E-state index contributed by atoms with van der Waals surface area (Å²) in [5.41, 5.74) is 0. The fraction of sp³-hybridized carbons (Fsp3) is 0.500. The summed E-state index contributed by atoms with van der Waals surface area (Å²) in [6.45, 7) is 2.01. The molecule has 2 rings (SSSR count). The smallest absolute Gasteiger partial charge is 0.202 e. The van der Waals surface area contributed by atoms with Crippen LogP contribution in [0.15, 0.2) is 12.1 Å². The van der Waals surface area contributed by atoms with Crippen LogP contribution in [0.5, 0.6) is 5.06 Å². The van der Waals surface area contributed by atoms with Crippen molar-refractivity contribution in [2.45, 2.75) is 6.10 Å². The van der Waals surface area contributed by atoms with Gasteiger partial charge in [-0.15, -0.1) is 0 Å². The largest absolute Gasteiger partial charge is 0.487 e. The Balaban J connectivity index is 2.05. The number of rotatable bonds is 3. The Morgan fingerprint density at radius 2 is 2.53 bits per heavy atom. The summed E-state index contributed by atoms with van der Waals surface area (Å²) in [7, 11) is 1.60. The standard InChI is InChI=1S/C10H13NO3S/c1-13-9-3-2-8(15-9)10(12)7-6-11-4-5-14-7/h2-3,7,11H,4-6H2,1H3. The molecule has 1 N–H and O–H groups in total. The molecule has 0 aromatic carbocycles. The molecule has 0 amide bonds. The van der Waals surface area contributed by atoms with E-state index in [0.717, 1.165) is 11.6 Å². The third kappa shape index (κ3) is 2.37. The number of thiophene rings is 1. The molecule has 0 aliphatic carbocycles. The third-order valence-corrected chi connectivity index (χ3v) is 3.31. The van der Waals surface area contributed by atoms with E-state index >= 15 is 0 Å². The van der Waals surface area contributed by atoms with Crippen LogP contribution in [-0.4, -0.2) is 38.7 Å². The van der Waals surface area contributed by atoms with Crippen LogP contribution in [0.25, 0.3) is 0 Å². The van der Waals surface area contributed by atoms with E-state index in [2.05, 4.69) is 5.32 Å². The number of carbonyl (C=O) groups is 1. The van der Waals surface area contributed by atoms with Crippen LogP contribution < -0.4 is 10.1 Å². The van der Waals surface area contributed by atoms with Gasteiger partial charge in [0.1, 0.15) is 6.10 Å². The van der Waals surface area contributed by atoms with E-state index in [1.54, 1.807) is 19.2 Å². The van der Waals surface area contributed by atoms with E-state index in [4.69, 9.17) is 9.47 Å². The maximum absolute atomic E-state index is 11.9. The Hall–Kier alpha value is -0.910. The number of hydrogen-bond acceptors (Lipinski definition) is 5. The first-order chi connectivity index (χ1) is 7.31. The average molecular weight is 227 g/mol. The van der Waals surface area contributed by atoms with Crippen molar-refractivity contribution >= 4 is 17.1 Å². The summed E-state index contributed by atoms with van der Waals surface area (Å²) in [5.74, 6) is 0.0375. The van der Waals surface area contributed by atoms with Gasteiger partial charge in [-0.2, -0.15) is 0 Å². The Morgan fingerprint density at radius 1 is 1.67 bits per heavy atom. The van der Waals surface area contributed by atoms with Crippen LogP contribution in [0.3, 0.4) is 0 Å². The Morgan fingerprint density at radius 3 is 3.13 bits per heavy atom. The molecule has 1 unspecified atom stereocenters. The first-order valence-corrected chi connectivity index (χ1v) is 5.63. The number of Topliss-reactive ketones (excluding diaryl/α,β-unsaturated/α-hetero) is 1. The average Bonchev–Trinajstić information content (AvgIpc) is 2.78. The molecule has 1 atom stereocenters. The SMILES string of the molecule is COc1ccc(C(=O)C2CNCCO2)s1. The molecule has 1 aromatic rings. The lowest BCUT2D eigenvalue weighted by Gasteiger charge is -2.21. The number of ketones is 1. The van der Waals surface area contributed by atoms with E-state index in [1.807, 2.05) is 0 Å². The predicted octanol–water partition coefficient (Wildman–Crippen LogP) is 0.928. The molecule has 1 fully saturated rings. The molecule has 5 heteroatoms. The molecule has 0 bridgehead atoms. The van der Waals surface area contributed by atoms with Crippen molar-refractivity contribution < 1.29 is 14.3 Å². The molecule has 82 valence electrons. The molecule has 1 aliphatic heterocycles. The van der Waals surface area contributed by atoms with Crippen molar-refractivity contribution in [3.63, 3.8) is 0 Å². The van der Waals surface area contributed by atoms with Crippen molar-refractivity contribution in [2.75, 3.05) is 26.8 Å². The molecule has 0 saturated carbocycles. The first kappa shape index (κ1) is 10.6. The Bertz CT molecular complexity index is 344. The summed E-state index contributed by atoms with van der Waals surface area (Å²) in [6, 6.07) is 3.58. The van der Waals surface area contributed by atoms with E-state index in [-0.39, 0.29) is 11.9 Å². The van der Waals surface area contributed by atoms with Gasteiger partial charge in [-0.05, 0) is 12.1 Å². The highest BCUT2D eigenvalue weighted by atomic mass is 32.1.